The fourth-order valence-electron chi connectivity index (χ4n) is 4.61. The molecule has 3 unspecified atom stereocenters. The summed E-state index contributed by atoms with van der Waals surface area (Å²) in [6.45, 7) is 2.11. The fourth-order valence-corrected chi connectivity index (χ4v) is 4.61. The molecule has 2 saturated heterocycles. The Hall–Kier alpha value is -2.36. The van der Waals surface area contributed by atoms with Crippen molar-refractivity contribution in [1.82, 2.24) is 9.88 Å². The summed E-state index contributed by atoms with van der Waals surface area (Å²) in [6.07, 6.45) is 8.56. The van der Waals surface area contributed by atoms with Gasteiger partial charge in [0.25, 0.3) is 0 Å². The van der Waals surface area contributed by atoms with Crippen LogP contribution in [0.3, 0.4) is 0 Å². The minimum Gasteiger partial charge on any atom is -0.489 e. The standard InChI is InChI=1S/C22H26N2O2/c1-2-21(16-7-4-3-5-8-16)22(25)24-17-10-11-18(24)14-20(13-17)26-19-9-6-12-23-15-19/h3-9,12,15,17-18,20-21H,2,10-11,13-14H2,1H3. The Balaban J connectivity index is 1.47. The molecule has 4 rings (SSSR count). The molecule has 0 radical (unpaired) electrons. The maximum absolute atomic E-state index is 13.3. The first-order valence-electron chi connectivity index (χ1n) is 9.70. The number of rotatable bonds is 5. The summed E-state index contributed by atoms with van der Waals surface area (Å²) >= 11 is 0. The van der Waals surface area contributed by atoms with E-state index in [9.17, 15) is 4.79 Å². The molecule has 2 fully saturated rings. The Morgan fingerprint density at radius 3 is 2.50 bits per heavy atom. The van der Waals surface area contributed by atoms with E-state index in [1.54, 1.807) is 12.4 Å². The van der Waals surface area contributed by atoms with Crippen LogP contribution in [-0.2, 0) is 4.79 Å². The van der Waals surface area contributed by atoms with Gasteiger partial charge in [0.2, 0.25) is 5.91 Å². The zero-order valence-corrected chi connectivity index (χ0v) is 15.3. The second kappa shape index (κ2) is 7.48. The van der Waals surface area contributed by atoms with Crippen molar-refractivity contribution >= 4 is 5.91 Å². The molecule has 0 spiro atoms. The number of nitrogens with zero attached hydrogens (tertiary/aromatic N) is 2. The largest absolute Gasteiger partial charge is 0.489 e. The van der Waals surface area contributed by atoms with E-state index in [-0.39, 0.29) is 12.0 Å². The van der Waals surface area contributed by atoms with E-state index in [0.29, 0.717) is 18.0 Å². The van der Waals surface area contributed by atoms with Crippen molar-refractivity contribution in [2.75, 3.05) is 0 Å². The highest BCUT2D eigenvalue weighted by molar-refractivity contribution is 5.84. The van der Waals surface area contributed by atoms with Crippen LogP contribution >= 0.6 is 0 Å². The minimum atomic E-state index is -0.0323. The second-order valence-electron chi connectivity index (χ2n) is 7.40. The smallest absolute Gasteiger partial charge is 0.230 e. The first-order chi connectivity index (χ1) is 12.8. The lowest BCUT2D eigenvalue weighted by molar-refractivity contribution is -0.138. The molecule has 1 aromatic carbocycles. The Bertz CT molecular complexity index is 720. The van der Waals surface area contributed by atoms with Crippen LogP contribution in [0.4, 0.5) is 0 Å². The Morgan fingerprint density at radius 1 is 1.15 bits per heavy atom. The van der Waals surface area contributed by atoms with Crippen LogP contribution in [0.1, 0.15) is 50.5 Å². The van der Waals surface area contributed by atoms with Gasteiger partial charge in [-0.05, 0) is 37.0 Å². The number of fused-ring (bicyclic) bond motifs is 2. The van der Waals surface area contributed by atoms with Crippen molar-refractivity contribution in [2.24, 2.45) is 0 Å². The summed E-state index contributed by atoms with van der Waals surface area (Å²) in [7, 11) is 0. The molecule has 3 atom stereocenters. The number of hydrogen-bond donors (Lipinski definition) is 0. The van der Waals surface area contributed by atoms with Crippen molar-refractivity contribution in [1.29, 1.82) is 0 Å². The van der Waals surface area contributed by atoms with Gasteiger partial charge in [-0.1, -0.05) is 37.3 Å². The molecule has 136 valence electrons. The van der Waals surface area contributed by atoms with Crippen LogP contribution < -0.4 is 4.74 Å². The summed E-state index contributed by atoms with van der Waals surface area (Å²) < 4.78 is 6.14. The molecule has 2 aliphatic rings. The Labute approximate surface area is 155 Å². The monoisotopic (exact) mass is 350 g/mol. The van der Waals surface area contributed by atoms with Gasteiger partial charge in [0.1, 0.15) is 11.9 Å². The number of amides is 1. The van der Waals surface area contributed by atoms with Crippen molar-refractivity contribution < 1.29 is 9.53 Å². The zero-order valence-electron chi connectivity index (χ0n) is 15.3. The minimum absolute atomic E-state index is 0.0323. The third-order valence-corrected chi connectivity index (χ3v) is 5.79. The quantitative estimate of drug-likeness (QED) is 0.812. The predicted molar refractivity (Wildman–Crippen MR) is 101 cm³/mol. The molecule has 2 bridgehead atoms. The summed E-state index contributed by atoms with van der Waals surface area (Å²) in [5.74, 6) is 1.09. The second-order valence-corrected chi connectivity index (χ2v) is 7.40. The molecule has 1 amide bonds. The van der Waals surface area contributed by atoms with Crippen LogP contribution in [0.25, 0.3) is 0 Å². The van der Waals surface area contributed by atoms with Gasteiger partial charge >= 0.3 is 0 Å². The highest BCUT2D eigenvalue weighted by Crippen LogP contribution is 2.39. The van der Waals surface area contributed by atoms with E-state index in [2.05, 4.69) is 28.9 Å². The molecule has 26 heavy (non-hydrogen) atoms. The van der Waals surface area contributed by atoms with Gasteiger partial charge in [-0.2, -0.15) is 0 Å². The maximum Gasteiger partial charge on any atom is 0.230 e. The topological polar surface area (TPSA) is 42.4 Å². The first-order valence-corrected chi connectivity index (χ1v) is 9.70. The highest BCUT2D eigenvalue weighted by atomic mass is 16.5. The molecule has 2 aliphatic heterocycles. The summed E-state index contributed by atoms with van der Waals surface area (Å²) in [5.41, 5.74) is 1.13. The van der Waals surface area contributed by atoms with Crippen molar-refractivity contribution in [3.05, 3.63) is 60.4 Å². The molecular formula is C22H26N2O2. The van der Waals surface area contributed by atoms with Gasteiger partial charge < -0.3 is 9.64 Å². The van der Waals surface area contributed by atoms with Gasteiger partial charge in [0.15, 0.2) is 0 Å². The van der Waals surface area contributed by atoms with Crippen molar-refractivity contribution in [2.45, 2.75) is 63.1 Å². The third kappa shape index (κ3) is 3.33. The molecule has 4 nitrogen and oxygen atoms in total. The molecule has 3 heterocycles. The van der Waals surface area contributed by atoms with E-state index in [0.717, 1.165) is 43.4 Å². The van der Waals surface area contributed by atoms with Crippen LogP contribution in [-0.4, -0.2) is 34.0 Å². The van der Waals surface area contributed by atoms with Crippen LogP contribution in [0.5, 0.6) is 5.75 Å². The third-order valence-electron chi connectivity index (χ3n) is 5.79. The molecule has 0 N–H and O–H groups in total. The van der Waals surface area contributed by atoms with Gasteiger partial charge in [0, 0.05) is 31.1 Å². The molecule has 0 saturated carbocycles. The maximum atomic E-state index is 13.3. The van der Waals surface area contributed by atoms with Crippen LogP contribution in [0.15, 0.2) is 54.9 Å². The van der Waals surface area contributed by atoms with Crippen LogP contribution in [0.2, 0.25) is 0 Å². The predicted octanol–water partition coefficient (Wildman–Crippen LogP) is 4.18. The van der Waals surface area contributed by atoms with Gasteiger partial charge in [-0.25, -0.2) is 0 Å². The number of carbonyl (C=O) groups excluding carboxylic acids is 1. The lowest BCUT2D eigenvalue weighted by Gasteiger charge is -2.40. The average molecular weight is 350 g/mol. The first kappa shape index (κ1) is 17.1. The number of carbonyl (C=O) groups is 1. The van der Waals surface area contributed by atoms with Gasteiger partial charge in [-0.3, -0.25) is 9.78 Å². The molecule has 2 aromatic rings. The van der Waals surface area contributed by atoms with Gasteiger partial charge in [-0.15, -0.1) is 0 Å². The summed E-state index contributed by atoms with van der Waals surface area (Å²) in [6, 6.07) is 14.7. The van der Waals surface area contributed by atoms with Crippen LogP contribution in [0, 0.1) is 0 Å². The number of ether oxygens (including phenoxy) is 1. The fraction of sp³-hybridized carbons (Fsp3) is 0.455. The van der Waals surface area contributed by atoms with Crippen molar-refractivity contribution in [3.8, 4) is 5.75 Å². The number of piperidine rings is 1. The molecule has 0 aliphatic carbocycles. The number of pyridine rings is 1. The van der Waals surface area contributed by atoms with E-state index < -0.39 is 0 Å². The van der Waals surface area contributed by atoms with Crippen molar-refractivity contribution in [3.63, 3.8) is 0 Å². The lowest BCUT2D eigenvalue weighted by atomic mass is 9.91. The Kier molecular flexibility index (Phi) is 4.91. The van der Waals surface area contributed by atoms with E-state index in [1.165, 1.54) is 0 Å². The highest BCUT2D eigenvalue weighted by Gasteiger charge is 2.45. The molecule has 1 aromatic heterocycles. The van der Waals surface area contributed by atoms with E-state index >= 15 is 0 Å². The normalized spacial score (nSPS) is 25.7. The van der Waals surface area contributed by atoms with E-state index in [4.69, 9.17) is 4.74 Å². The lowest BCUT2D eigenvalue weighted by Crippen LogP contribution is -2.50. The average Bonchev–Trinajstić information content (AvgIpc) is 2.95. The van der Waals surface area contributed by atoms with E-state index in [1.807, 2.05) is 30.3 Å². The number of hydrogen-bond acceptors (Lipinski definition) is 3. The molecular weight excluding hydrogens is 324 g/mol. The van der Waals surface area contributed by atoms with Gasteiger partial charge in [0.05, 0.1) is 12.1 Å². The zero-order chi connectivity index (χ0) is 17.9. The SMILES string of the molecule is CCC(C(=O)N1C2CCC1CC(Oc1cccnc1)C2)c1ccccc1. The summed E-state index contributed by atoms with van der Waals surface area (Å²) in [4.78, 5) is 19.6. The number of aromatic nitrogens is 1. The summed E-state index contributed by atoms with van der Waals surface area (Å²) in [5, 5.41) is 0. The number of benzene rings is 1. The Morgan fingerprint density at radius 2 is 1.88 bits per heavy atom. The molecule has 4 heteroatoms.